The first kappa shape index (κ1) is 10.2. The second-order valence-electron chi connectivity index (χ2n) is 2.92. The summed E-state index contributed by atoms with van der Waals surface area (Å²) in [7, 11) is 6.00. The molecule has 0 bridgehead atoms. The molecule has 0 heterocycles. The third-order valence-electron chi connectivity index (χ3n) is 0.885. The van der Waals surface area contributed by atoms with Gasteiger partial charge in [0.25, 0.3) is 0 Å². The lowest BCUT2D eigenvalue weighted by Gasteiger charge is -1.90. The van der Waals surface area contributed by atoms with Crippen molar-refractivity contribution in [3.05, 3.63) is 35.9 Å². The van der Waals surface area contributed by atoms with E-state index in [1.807, 2.05) is 50.3 Å². The monoisotopic (exact) mass is 150 g/mol. The van der Waals surface area contributed by atoms with Crippen molar-refractivity contribution in [3.63, 3.8) is 0 Å². The molecule has 0 spiro atoms. The minimum atomic E-state index is 1.29. The summed E-state index contributed by atoms with van der Waals surface area (Å²) in [6, 6.07) is 10.8. The maximum Gasteiger partial charge on any atom is -0.0140 e. The molecule has 0 atom stereocenters. The van der Waals surface area contributed by atoms with E-state index in [4.69, 9.17) is 0 Å². The number of rotatable bonds is 0. The molecule has 0 N–H and O–H groups in total. The van der Waals surface area contributed by atoms with Crippen LogP contribution in [-0.4, -0.2) is 26.0 Å². The minimum absolute atomic E-state index is 1.29. The van der Waals surface area contributed by atoms with Gasteiger partial charge in [0.2, 0.25) is 0 Å². The van der Waals surface area contributed by atoms with Gasteiger partial charge in [0.05, 0.1) is 0 Å². The Hall–Kier alpha value is -0.820. The van der Waals surface area contributed by atoms with E-state index in [2.05, 4.69) is 13.0 Å². The molecule has 1 heteroatoms. The Kier molecular flexibility index (Phi) is 5.49. The van der Waals surface area contributed by atoms with E-state index >= 15 is 0 Å². The molecule has 11 heavy (non-hydrogen) atoms. The van der Waals surface area contributed by atoms with Gasteiger partial charge in [-0.25, -0.2) is 0 Å². The molecule has 1 radical (unpaired) electrons. The third-order valence-corrected chi connectivity index (χ3v) is 0.885. The van der Waals surface area contributed by atoms with Crippen LogP contribution in [0, 0.1) is 13.0 Å². The highest BCUT2D eigenvalue weighted by Crippen LogP contribution is 1.91. The van der Waals surface area contributed by atoms with Gasteiger partial charge in [-0.1, -0.05) is 29.8 Å². The van der Waals surface area contributed by atoms with Crippen molar-refractivity contribution >= 4 is 0 Å². The molecule has 0 unspecified atom stereocenters. The van der Waals surface area contributed by atoms with Crippen LogP contribution in [-0.2, 0) is 0 Å². The summed E-state index contributed by atoms with van der Waals surface area (Å²) in [5.74, 6) is 0. The maximum atomic E-state index is 2.93. The molecule has 1 aromatic rings. The molecule has 61 valence electrons. The molecule has 1 nitrogen and oxygen atoms in total. The van der Waals surface area contributed by atoms with E-state index in [1.54, 1.807) is 0 Å². The number of nitrogens with zero attached hydrogens (tertiary/aromatic N) is 1. The lowest BCUT2D eigenvalue weighted by Crippen LogP contribution is -1.99. The van der Waals surface area contributed by atoms with Gasteiger partial charge in [0, 0.05) is 0 Å². The Bertz CT molecular complexity index is 165. The number of hydrogen-bond donors (Lipinski definition) is 0. The van der Waals surface area contributed by atoms with Crippen molar-refractivity contribution in [1.82, 2.24) is 4.90 Å². The van der Waals surface area contributed by atoms with Crippen LogP contribution in [0.3, 0.4) is 0 Å². The first-order valence-electron chi connectivity index (χ1n) is 3.66. The molecular formula is C10H16N. The van der Waals surface area contributed by atoms with Crippen molar-refractivity contribution in [2.24, 2.45) is 0 Å². The fraction of sp³-hybridized carbons (Fsp3) is 0.400. The summed E-state index contributed by atoms with van der Waals surface area (Å²) in [6.45, 7) is 2.06. The van der Waals surface area contributed by atoms with Crippen molar-refractivity contribution in [2.75, 3.05) is 21.1 Å². The van der Waals surface area contributed by atoms with Gasteiger partial charge in [-0.2, -0.15) is 0 Å². The van der Waals surface area contributed by atoms with Gasteiger partial charge < -0.3 is 4.90 Å². The Labute approximate surface area is 69.7 Å². The van der Waals surface area contributed by atoms with Gasteiger partial charge in [0.15, 0.2) is 0 Å². The maximum absolute atomic E-state index is 2.93. The van der Waals surface area contributed by atoms with Gasteiger partial charge >= 0.3 is 0 Å². The zero-order valence-electron chi connectivity index (χ0n) is 7.76. The molecule has 0 aliphatic heterocycles. The zero-order valence-corrected chi connectivity index (χ0v) is 7.76. The summed E-state index contributed by atoms with van der Waals surface area (Å²) in [5.41, 5.74) is 1.29. The highest BCUT2D eigenvalue weighted by atomic mass is 15.0. The quantitative estimate of drug-likeness (QED) is 0.546. The largest absolute Gasteiger partial charge is 0.312 e. The predicted molar refractivity (Wildman–Crippen MR) is 49.6 cm³/mol. The summed E-state index contributed by atoms with van der Waals surface area (Å²) in [4.78, 5) is 2.00. The first-order chi connectivity index (χ1) is 5.13. The average molecular weight is 150 g/mol. The normalized spacial score (nSPS) is 8.82. The Morgan fingerprint density at radius 2 is 1.45 bits per heavy atom. The minimum Gasteiger partial charge on any atom is -0.312 e. The zero-order chi connectivity index (χ0) is 8.69. The summed E-state index contributed by atoms with van der Waals surface area (Å²) < 4.78 is 0. The second-order valence-corrected chi connectivity index (χ2v) is 2.92. The van der Waals surface area contributed by atoms with Crippen molar-refractivity contribution in [2.45, 2.75) is 6.92 Å². The fourth-order valence-electron chi connectivity index (χ4n) is 0.470. The van der Waals surface area contributed by atoms with Crippen LogP contribution in [0.25, 0.3) is 0 Å². The van der Waals surface area contributed by atoms with Crippen LogP contribution >= 0.6 is 0 Å². The van der Waals surface area contributed by atoms with Crippen LogP contribution < -0.4 is 0 Å². The van der Waals surface area contributed by atoms with Crippen molar-refractivity contribution < 1.29 is 0 Å². The van der Waals surface area contributed by atoms with E-state index in [9.17, 15) is 0 Å². The van der Waals surface area contributed by atoms with E-state index in [0.717, 1.165) is 0 Å². The Balaban J connectivity index is 0.000000218. The number of aryl methyl sites for hydroxylation is 1. The summed E-state index contributed by atoms with van der Waals surface area (Å²) >= 11 is 0. The lowest BCUT2D eigenvalue weighted by atomic mass is 10.2. The molecule has 0 aliphatic carbocycles. The molecule has 0 saturated heterocycles. The highest BCUT2D eigenvalue weighted by molar-refractivity contribution is 5.10. The highest BCUT2D eigenvalue weighted by Gasteiger charge is 1.72. The predicted octanol–water partition coefficient (Wildman–Crippen LogP) is 1.97. The second kappa shape index (κ2) is 5.93. The topological polar surface area (TPSA) is 3.24 Å². The molecule has 0 saturated carbocycles. The van der Waals surface area contributed by atoms with Crippen LogP contribution in [0.5, 0.6) is 0 Å². The molecule has 0 amide bonds. The molecule has 1 rings (SSSR count). The van der Waals surface area contributed by atoms with Gasteiger partial charge in [-0.3, -0.25) is 0 Å². The van der Waals surface area contributed by atoms with Crippen molar-refractivity contribution in [3.8, 4) is 0 Å². The van der Waals surface area contributed by atoms with Crippen LogP contribution in [0.4, 0.5) is 0 Å². The number of benzene rings is 1. The fourth-order valence-corrected chi connectivity index (χ4v) is 0.470. The Morgan fingerprint density at radius 3 is 1.64 bits per heavy atom. The third kappa shape index (κ3) is 9.18. The standard InChI is InChI=1S/C7H7.C3H9N/c1-7-5-3-2-4-6-7;1-4(2)3/h3-6H,1H3;1-3H3. The average Bonchev–Trinajstić information content (AvgIpc) is 1.87. The molecule has 0 aliphatic rings. The smallest absolute Gasteiger partial charge is 0.0140 e. The van der Waals surface area contributed by atoms with Crippen LogP contribution in [0.2, 0.25) is 0 Å². The van der Waals surface area contributed by atoms with E-state index in [-0.39, 0.29) is 0 Å². The molecule has 1 aromatic carbocycles. The SMILES string of the molecule is CN(C)C.Cc1cc[c]cc1. The molecule has 0 fully saturated rings. The van der Waals surface area contributed by atoms with Gasteiger partial charge in [0.1, 0.15) is 0 Å². The summed E-state index contributed by atoms with van der Waals surface area (Å²) in [5, 5.41) is 0. The lowest BCUT2D eigenvalue weighted by molar-refractivity contribution is 0.505. The van der Waals surface area contributed by atoms with Crippen LogP contribution in [0.15, 0.2) is 24.3 Å². The Morgan fingerprint density at radius 1 is 1.09 bits per heavy atom. The van der Waals surface area contributed by atoms with Gasteiger partial charge in [-0.05, 0) is 34.1 Å². The van der Waals surface area contributed by atoms with Crippen LogP contribution in [0.1, 0.15) is 5.56 Å². The molecular weight excluding hydrogens is 134 g/mol. The summed E-state index contributed by atoms with van der Waals surface area (Å²) in [6.07, 6.45) is 0. The first-order valence-corrected chi connectivity index (χ1v) is 3.66. The molecule has 0 aromatic heterocycles. The van der Waals surface area contributed by atoms with E-state index in [1.165, 1.54) is 5.56 Å². The van der Waals surface area contributed by atoms with E-state index < -0.39 is 0 Å². The van der Waals surface area contributed by atoms with Crippen molar-refractivity contribution in [1.29, 1.82) is 0 Å². The van der Waals surface area contributed by atoms with E-state index in [0.29, 0.717) is 0 Å². The van der Waals surface area contributed by atoms with Gasteiger partial charge in [-0.15, -0.1) is 0 Å². The number of hydrogen-bond acceptors (Lipinski definition) is 1.